The fraction of sp³-hybridized carbons (Fsp3) is 0.588. The average Bonchev–Trinajstić information content (AvgIpc) is 2.62. The molecule has 1 aromatic carbocycles. The second-order valence-electron chi connectivity index (χ2n) is 5.55. The van der Waals surface area contributed by atoms with Gasteiger partial charge in [-0.2, -0.15) is 0 Å². The third-order valence-electron chi connectivity index (χ3n) is 4.12. The largest absolute Gasteiger partial charge is 0.496 e. The van der Waals surface area contributed by atoms with E-state index >= 15 is 0 Å². The van der Waals surface area contributed by atoms with Crippen LogP contribution in [0.1, 0.15) is 24.8 Å². The van der Waals surface area contributed by atoms with E-state index in [4.69, 9.17) is 14.2 Å². The monoisotopic (exact) mass is 358 g/mol. The van der Waals surface area contributed by atoms with Crippen molar-refractivity contribution in [1.29, 1.82) is 0 Å². The lowest BCUT2D eigenvalue weighted by Gasteiger charge is -2.22. The Balaban J connectivity index is 0.00000288. The third kappa shape index (κ3) is 5.18. The molecule has 0 radical (unpaired) electrons. The summed E-state index contributed by atoms with van der Waals surface area (Å²) < 4.78 is 16.1. The maximum Gasteiger partial charge on any atom is 0.237 e. The first-order chi connectivity index (χ1) is 11.2. The SMILES string of the molecule is COc1cc(OC)c(CCNC(=O)C2CCCCN2)c(OC)c1.Cl. The molecule has 1 saturated heterocycles. The van der Waals surface area contributed by atoms with Gasteiger partial charge in [0.25, 0.3) is 0 Å². The van der Waals surface area contributed by atoms with Crippen LogP contribution in [-0.4, -0.2) is 46.4 Å². The number of ether oxygens (including phenoxy) is 3. The van der Waals surface area contributed by atoms with Gasteiger partial charge >= 0.3 is 0 Å². The first-order valence-corrected chi connectivity index (χ1v) is 7.99. The molecule has 6 nitrogen and oxygen atoms in total. The molecule has 0 bridgehead atoms. The molecule has 2 rings (SSSR count). The lowest BCUT2D eigenvalue weighted by atomic mass is 10.0. The minimum Gasteiger partial charge on any atom is -0.496 e. The summed E-state index contributed by atoms with van der Waals surface area (Å²) in [6.07, 6.45) is 3.78. The van der Waals surface area contributed by atoms with Crippen LogP contribution in [0.3, 0.4) is 0 Å². The van der Waals surface area contributed by atoms with Crippen molar-refractivity contribution < 1.29 is 19.0 Å². The van der Waals surface area contributed by atoms with Crippen molar-refractivity contribution in [3.63, 3.8) is 0 Å². The number of carbonyl (C=O) groups is 1. The molecule has 1 atom stereocenters. The number of methoxy groups -OCH3 is 3. The van der Waals surface area contributed by atoms with E-state index in [1.165, 1.54) is 0 Å². The smallest absolute Gasteiger partial charge is 0.237 e. The summed E-state index contributed by atoms with van der Waals surface area (Å²) >= 11 is 0. The molecule has 1 aliphatic heterocycles. The predicted octanol–water partition coefficient (Wildman–Crippen LogP) is 1.94. The summed E-state index contributed by atoms with van der Waals surface area (Å²) in [4.78, 5) is 12.1. The predicted molar refractivity (Wildman–Crippen MR) is 95.7 cm³/mol. The molecule has 24 heavy (non-hydrogen) atoms. The van der Waals surface area contributed by atoms with Gasteiger partial charge in [0, 0.05) is 24.2 Å². The van der Waals surface area contributed by atoms with Crippen LogP contribution < -0.4 is 24.8 Å². The molecular weight excluding hydrogens is 332 g/mol. The molecule has 1 fully saturated rings. The van der Waals surface area contributed by atoms with Crippen molar-refractivity contribution in [2.45, 2.75) is 31.7 Å². The van der Waals surface area contributed by atoms with E-state index in [1.54, 1.807) is 21.3 Å². The van der Waals surface area contributed by atoms with E-state index in [0.29, 0.717) is 30.2 Å². The number of amides is 1. The zero-order valence-corrected chi connectivity index (χ0v) is 15.3. The number of hydrogen-bond donors (Lipinski definition) is 2. The maximum absolute atomic E-state index is 12.1. The lowest BCUT2D eigenvalue weighted by molar-refractivity contribution is -0.123. The van der Waals surface area contributed by atoms with E-state index in [-0.39, 0.29) is 24.4 Å². The number of halogens is 1. The van der Waals surface area contributed by atoms with Crippen LogP contribution in [0.2, 0.25) is 0 Å². The summed E-state index contributed by atoms with van der Waals surface area (Å²) in [5.41, 5.74) is 0.924. The molecule has 1 unspecified atom stereocenters. The lowest BCUT2D eigenvalue weighted by Crippen LogP contribution is -2.47. The fourth-order valence-electron chi connectivity index (χ4n) is 2.83. The molecule has 0 aliphatic carbocycles. The van der Waals surface area contributed by atoms with Crippen LogP contribution >= 0.6 is 12.4 Å². The van der Waals surface area contributed by atoms with Gasteiger partial charge in [-0.3, -0.25) is 4.79 Å². The molecule has 1 amide bonds. The molecule has 1 heterocycles. The van der Waals surface area contributed by atoms with Crippen LogP contribution in [0.5, 0.6) is 17.2 Å². The molecule has 1 aromatic rings. The normalized spacial score (nSPS) is 16.7. The van der Waals surface area contributed by atoms with Gasteiger partial charge in [-0.05, 0) is 25.8 Å². The molecule has 7 heteroatoms. The Hall–Kier alpha value is -1.66. The van der Waals surface area contributed by atoms with E-state index in [9.17, 15) is 4.79 Å². The van der Waals surface area contributed by atoms with Crippen molar-refractivity contribution in [1.82, 2.24) is 10.6 Å². The molecular formula is C17H27ClN2O4. The highest BCUT2D eigenvalue weighted by Gasteiger charge is 2.20. The standard InChI is InChI=1S/C17H26N2O4.ClH/c1-21-12-10-15(22-2)13(16(11-12)23-3)7-9-19-17(20)14-6-4-5-8-18-14;/h10-11,14,18H,4-9H2,1-3H3,(H,19,20);1H. The minimum absolute atomic E-state index is 0. The number of piperidine rings is 1. The second kappa shape index (κ2) is 10.3. The first kappa shape index (κ1) is 20.4. The van der Waals surface area contributed by atoms with Gasteiger partial charge < -0.3 is 24.8 Å². The van der Waals surface area contributed by atoms with E-state index in [0.717, 1.165) is 31.4 Å². The Morgan fingerprint density at radius 2 is 1.83 bits per heavy atom. The van der Waals surface area contributed by atoms with E-state index in [2.05, 4.69) is 10.6 Å². The van der Waals surface area contributed by atoms with Crippen LogP contribution in [0, 0.1) is 0 Å². The van der Waals surface area contributed by atoms with Crippen LogP contribution in [0.25, 0.3) is 0 Å². The van der Waals surface area contributed by atoms with Gasteiger partial charge in [0.15, 0.2) is 0 Å². The molecule has 0 aromatic heterocycles. The third-order valence-corrected chi connectivity index (χ3v) is 4.12. The molecule has 0 saturated carbocycles. The van der Waals surface area contributed by atoms with E-state index < -0.39 is 0 Å². The Bertz CT molecular complexity index is 508. The number of rotatable bonds is 7. The Morgan fingerprint density at radius 3 is 2.33 bits per heavy atom. The van der Waals surface area contributed by atoms with Gasteiger partial charge in [0.05, 0.1) is 27.4 Å². The molecule has 0 spiro atoms. The number of carbonyl (C=O) groups excluding carboxylic acids is 1. The summed E-state index contributed by atoms with van der Waals surface area (Å²) in [6, 6.07) is 3.58. The average molecular weight is 359 g/mol. The van der Waals surface area contributed by atoms with Crippen LogP contribution in [0.4, 0.5) is 0 Å². The zero-order valence-electron chi connectivity index (χ0n) is 14.5. The summed E-state index contributed by atoms with van der Waals surface area (Å²) in [7, 11) is 4.83. The topological polar surface area (TPSA) is 68.8 Å². The highest BCUT2D eigenvalue weighted by Crippen LogP contribution is 2.34. The van der Waals surface area contributed by atoms with Crippen LogP contribution in [0.15, 0.2) is 12.1 Å². The van der Waals surface area contributed by atoms with Crippen molar-refractivity contribution in [3.8, 4) is 17.2 Å². The van der Waals surface area contributed by atoms with Gasteiger partial charge in [-0.1, -0.05) is 6.42 Å². The number of nitrogens with one attached hydrogen (secondary N) is 2. The number of hydrogen-bond acceptors (Lipinski definition) is 5. The van der Waals surface area contributed by atoms with E-state index in [1.807, 2.05) is 12.1 Å². The molecule has 136 valence electrons. The van der Waals surface area contributed by atoms with Gasteiger partial charge in [0.2, 0.25) is 5.91 Å². The minimum atomic E-state index is -0.0663. The number of benzene rings is 1. The fourth-order valence-corrected chi connectivity index (χ4v) is 2.83. The maximum atomic E-state index is 12.1. The Morgan fingerprint density at radius 1 is 1.17 bits per heavy atom. The van der Waals surface area contributed by atoms with Crippen molar-refractivity contribution in [2.24, 2.45) is 0 Å². The van der Waals surface area contributed by atoms with Gasteiger partial charge in [-0.25, -0.2) is 0 Å². The van der Waals surface area contributed by atoms with Crippen molar-refractivity contribution in [2.75, 3.05) is 34.4 Å². The van der Waals surface area contributed by atoms with Crippen molar-refractivity contribution in [3.05, 3.63) is 17.7 Å². The highest BCUT2D eigenvalue weighted by molar-refractivity contribution is 5.85. The summed E-state index contributed by atoms with van der Waals surface area (Å²) in [6.45, 7) is 1.45. The Labute approximate surface area is 149 Å². The molecule has 1 aliphatic rings. The summed E-state index contributed by atoms with van der Waals surface area (Å²) in [5.74, 6) is 2.14. The zero-order chi connectivity index (χ0) is 16.7. The van der Waals surface area contributed by atoms with Crippen LogP contribution in [-0.2, 0) is 11.2 Å². The first-order valence-electron chi connectivity index (χ1n) is 7.99. The Kier molecular flexibility index (Phi) is 8.71. The molecule has 2 N–H and O–H groups in total. The van der Waals surface area contributed by atoms with Crippen molar-refractivity contribution >= 4 is 18.3 Å². The quantitative estimate of drug-likeness (QED) is 0.779. The van der Waals surface area contributed by atoms with Gasteiger partial charge in [0.1, 0.15) is 17.2 Å². The van der Waals surface area contributed by atoms with Gasteiger partial charge in [-0.15, -0.1) is 12.4 Å². The highest BCUT2D eigenvalue weighted by atomic mass is 35.5. The second-order valence-corrected chi connectivity index (χ2v) is 5.55. The summed E-state index contributed by atoms with van der Waals surface area (Å²) in [5, 5.41) is 6.24.